The Morgan fingerprint density at radius 2 is 2.21 bits per heavy atom. The van der Waals surface area contributed by atoms with Crippen LogP contribution in [-0.2, 0) is 4.79 Å². The highest BCUT2D eigenvalue weighted by Gasteiger charge is 2.35. The van der Waals surface area contributed by atoms with E-state index in [0.717, 1.165) is 43.1 Å². The van der Waals surface area contributed by atoms with Crippen molar-refractivity contribution in [2.45, 2.75) is 55.0 Å². The van der Waals surface area contributed by atoms with Crippen molar-refractivity contribution in [2.75, 3.05) is 0 Å². The third kappa shape index (κ3) is 3.68. The number of aromatic amines is 1. The Labute approximate surface area is 150 Å². The van der Waals surface area contributed by atoms with Crippen molar-refractivity contribution in [1.82, 2.24) is 15.3 Å². The van der Waals surface area contributed by atoms with Gasteiger partial charge in [0, 0.05) is 5.02 Å². The average Bonchev–Trinajstić information content (AvgIpc) is 2.96. The molecule has 1 aromatic heterocycles. The summed E-state index contributed by atoms with van der Waals surface area (Å²) in [6.45, 7) is 1.83. The summed E-state index contributed by atoms with van der Waals surface area (Å²) in [6.07, 6.45) is 4.57. The highest BCUT2D eigenvalue weighted by Crippen LogP contribution is 2.29. The topological polar surface area (TPSA) is 81.6 Å². The Bertz CT molecular complexity index is 791. The molecule has 1 heterocycles. The van der Waals surface area contributed by atoms with Crippen molar-refractivity contribution in [3.05, 3.63) is 23.2 Å². The third-order valence-electron chi connectivity index (χ3n) is 4.36. The van der Waals surface area contributed by atoms with E-state index in [0.29, 0.717) is 10.2 Å². The second-order valence-corrected chi connectivity index (χ2v) is 7.97. The molecule has 2 aromatic rings. The molecule has 1 atom stereocenters. The summed E-state index contributed by atoms with van der Waals surface area (Å²) in [5.74, 6) is -0.123. The maximum Gasteiger partial charge on any atom is 0.234 e. The molecular weight excluding hydrogens is 344 g/mol. The van der Waals surface area contributed by atoms with Crippen LogP contribution in [0.1, 0.15) is 39.0 Å². The molecule has 0 radical (unpaired) electrons. The molecule has 24 heavy (non-hydrogen) atoms. The minimum Gasteiger partial charge on any atom is -0.337 e. The molecule has 3 rings (SSSR count). The average molecular weight is 363 g/mol. The van der Waals surface area contributed by atoms with Gasteiger partial charge in [-0.1, -0.05) is 42.6 Å². The highest BCUT2D eigenvalue weighted by molar-refractivity contribution is 8.00. The molecule has 1 aliphatic carbocycles. The molecule has 0 spiro atoms. The fourth-order valence-electron chi connectivity index (χ4n) is 2.99. The molecule has 7 heteroatoms. The van der Waals surface area contributed by atoms with Crippen LogP contribution in [0.2, 0.25) is 5.02 Å². The van der Waals surface area contributed by atoms with Gasteiger partial charge in [-0.2, -0.15) is 5.26 Å². The van der Waals surface area contributed by atoms with Crippen molar-refractivity contribution < 1.29 is 4.79 Å². The van der Waals surface area contributed by atoms with Gasteiger partial charge in [-0.05, 0) is 38.0 Å². The van der Waals surface area contributed by atoms with Crippen molar-refractivity contribution in [2.24, 2.45) is 0 Å². The van der Waals surface area contributed by atoms with Gasteiger partial charge in [0.15, 0.2) is 5.16 Å². The summed E-state index contributed by atoms with van der Waals surface area (Å²) in [6, 6.07) is 7.76. The van der Waals surface area contributed by atoms with Gasteiger partial charge in [0.25, 0.3) is 0 Å². The lowest BCUT2D eigenvalue weighted by Gasteiger charge is -2.32. The minimum atomic E-state index is -0.703. The third-order valence-corrected chi connectivity index (χ3v) is 5.58. The standard InChI is InChI=1S/C17H19ClN4OS/c1-11(15(23)22-17(10-19)7-3-2-4-8-17)24-16-20-13-6-5-12(18)9-14(13)21-16/h5-6,9,11H,2-4,7-8H2,1H3,(H,20,21)(H,22,23)/t11-/m1/s1. The molecule has 5 nitrogen and oxygen atoms in total. The van der Waals surface area contributed by atoms with E-state index in [1.807, 2.05) is 19.1 Å². The van der Waals surface area contributed by atoms with Gasteiger partial charge < -0.3 is 10.3 Å². The molecule has 1 saturated carbocycles. The number of fused-ring (bicyclic) bond motifs is 1. The zero-order chi connectivity index (χ0) is 17.2. The summed E-state index contributed by atoms with van der Waals surface area (Å²) < 4.78 is 0. The van der Waals surface area contributed by atoms with Crippen molar-refractivity contribution in [3.63, 3.8) is 0 Å². The lowest BCUT2D eigenvalue weighted by molar-refractivity contribution is -0.121. The number of hydrogen-bond acceptors (Lipinski definition) is 4. The molecule has 0 aliphatic heterocycles. The van der Waals surface area contributed by atoms with E-state index < -0.39 is 5.54 Å². The lowest BCUT2D eigenvalue weighted by Crippen LogP contribution is -2.50. The molecular formula is C17H19ClN4OS. The van der Waals surface area contributed by atoms with Gasteiger partial charge in [0.2, 0.25) is 5.91 Å². The van der Waals surface area contributed by atoms with E-state index in [1.54, 1.807) is 6.07 Å². The number of aromatic nitrogens is 2. The number of H-pyrrole nitrogens is 1. The van der Waals surface area contributed by atoms with Crippen LogP contribution < -0.4 is 5.32 Å². The first-order valence-corrected chi connectivity index (χ1v) is 9.32. The van der Waals surface area contributed by atoms with E-state index >= 15 is 0 Å². The maximum atomic E-state index is 12.5. The van der Waals surface area contributed by atoms with Crippen LogP contribution in [0, 0.1) is 11.3 Å². The van der Waals surface area contributed by atoms with E-state index in [-0.39, 0.29) is 11.2 Å². The Morgan fingerprint density at radius 1 is 1.46 bits per heavy atom. The number of nitrogens with one attached hydrogen (secondary N) is 2. The zero-order valence-corrected chi connectivity index (χ0v) is 15.0. The summed E-state index contributed by atoms with van der Waals surface area (Å²) >= 11 is 7.32. The monoisotopic (exact) mass is 362 g/mol. The normalized spacial score (nSPS) is 18.0. The summed E-state index contributed by atoms with van der Waals surface area (Å²) in [5.41, 5.74) is 0.958. The number of nitrogens with zero attached hydrogens (tertiary/aromatic N) is 2. The predicted octanol–water partition coefficient (Wildman–Crippen LogP) is 4.04. The summed E-state index contributed by atoms with van der Waals surface area (Å²) in [7, 11) is 0. The Kier molecular flexibility index (Phi) is 5.02. The highest BCUT2D eigenvalue weighted by atomic mass is 35.5. The predicted molar refractivity (Wildman–Crippen MR) is 96.0 cm³/mol. The fourth-order valence-corrected chi connectivity index (χ4v) is 3.99. The number of nitriles is 1. The van der Waals surface area contributed by atoms with E-state index in [2.05, 4.69) is 21.4 Å². The number of carbonyl (C=O) groups is 1. The number of thioether (sulfide) groups is 1. The first kappa shape index (κ1) is 17.1. The molecule has 1 amide bonds. The number of carbonyl (C=O) groups excluding carboxylic acids is 1. The minimum absolute atomic E-state index is 0.123. The zero-order valence-electron chi connectivity index (χ0n) is 13.4. The van der Waals surface area contributed by atoms with Crippen LogP contribution in [0.5, 0.6) is 0 Å². The van der Waals surface area contributed by atoms with Gasteiger partial charge in [-0.25, -0.2) is 4.98 Å². The first-order valence-electron chi connectivity index (χ1n) is 8.06. The van der Waals surface area contributed by atoms with E-state index in [9.17, 15) is 10.1 Å². The first-order chi connectivity index (χ1) is 11.5. The molecule has 2 N–H and O–H groups in total. The molecule has 1 aromatic carbocycles. The Morgan fingerprint density at radius 3 is 2.92 bits per heavy atom. The van der Waals surface area contributed by atoms with Gasteiger partial charge in [-0.15, -0.1) is 0 Å². The number of halogens is 1. The number of rotatable bonds is 4. The van der Waals surface area contributed by atoms with Crippen LogP contribution >= 0.6 is 23.4 Å². The van der Waals surface area contributed by atoms with Crippen molar-refractivity contribution in [1.29, 1.82) is 5.26 Å². The number of benzene rings is 1. The largest absolute Gasteiger partial charge is 0.337 e. The van der Waals surface area contributed by atoms with Crippen LogP contribution in [0.3, 0.4) is 0 Å². The Balaban J connectivity index is 1.67. The van der Waals surface area contributed by atoms with Gasteiger partial charge >= 0.3 is 0 Å². The van der Waals surface area contributed by atoms with E-state index in [1.165, 1.54) is 11.8 Å². The Hall–Kier alpha value is -1.71. The molecule has 0 bridgehead atoms. The molecule has 0 unspecified atom stereocenters. The quantitative estimate of drug-likeness (QED) is 0.804. The molecule has 0 saturated heterocycles. The molecule has 126 valence electrons. The molecule has 1 fully saturated rings. The van der Waals surface area contributed by atoms with Crippen molar-refractivity contribution in [3.8, 4) is 6.07 Å². The fraction of sp³-hybridized carbons (Fsp3) is 0.471. The van der Waals surface area contributed by atoms with Crippen LogP contribution in [-0.4, -0.2) is 26.7 Å². The second kappa shape index (κ2) is 7.04. The van der Waals surface area contributed by atoms with Gasteiger partial charge in [0.1, 0.15) is 5.54 Å². The van der Waals surface area contributed by atoms with Crippen molar-refractivity contribution >= 4 is 40.3 Å². The van der Waals surface area contributed by atoms with Crippen LogP contribution in [0.15, 0.2) is 23.4 Å². The van der Waals surface area contributed by atoms with Crippen LogP contribution in [0.4, 0.5) is 0 Å². The summed E-state index contributed by atoms with van der Waals surface area (Å²) in [4.78, 5) is 20.1. The van der Waals surface area contributed by atoms with Crippen LogP contribution in [0.25, 0.3) is 11.0 Å². The maximum absolute atomic E-state index is 12.5. The number of hydrogen-bond donors (Lipinski definition) is 2. The SMILES string of the molecule is C[C@@H](Sc1nc2ccc(Cl)cc2[nH]1)C(=O)NC1(C#N)CCCCC1. The number of imidazole rings is 1. The van der Waals surface area contributed by atoms with E-state index in [4.69, 9.17) is 11.6 Å². The van der Waals surface area contributed by atoms with Gasteiger partial charge in [-0.3, -0.25) is 4.79 Å². The lowest BCUT2D eigenvalue weighted by atomic mass is 9.83. The summed E-state index contributed by atoms with van der Waals surface area (Å²) in [5, 5.41) is 13.4. The number of amides is 1. The van der Waals surface area contributed by atoms with Gasteiger partial charge in [0.05, 0.1) is 22.4 Å². The smallest absolute Gasteiger partial charge is 0.234 e. The molecule has 1 aliphatic rings. The second-order valence-electron chi connectivity index (χ2n) is 6.21.